The van der Waals surface area contributed by atoms with Gasteiger partial charge in [0, 0.05) is 6.42 Å². The maximum atomic E-state index is 11.1. The highest BCUT2D eigenvalue weighted by Crippen LogP contribution is 2.69. The van der Waals surface area contributed by atoms with Gasteiger partial charge < -0.3 is 5.11 Å². The van der Waals surface area contributed by atoms with Gasteiger partial charge in [0.25, 0.3) is 0 Å². The van der Waals surface area contributed by atoms with E-state index in [-0.39, 0.29) is 0 Å². The molecule has 2 nitrogen and oxygen atoms in total. The zero-order valence-electron chi connectivity index (χ0n) is 18.9. The topological polar surface area (TPSA) is 37.3 Å². The van der Waals surface area contributed by atoms with E-state index in [0.29, 0.717) is 23.2 Å². The Kier molecular flexibility index (Phi) is 5.64. The summed E-state index contributed by atoms with van der Waals surface area (Å²) in [6.45, 7) is 10.1. The van der Waals surface area contributed by atoms with Gasteiger partial charge in [0.2, 0.25) is 0 Å². The SMILES string of the molecule is CC[C@H]1CC2C3CCC([C@H](C)CCC(=O)O)[C@@]3(C)CCC2[C@@]2(C)CCCCC12. The fourth-order valence-electron chi connectivity index (χ4n) is 9.55. The van der Waals surface area contributed by atoms with Gasteiger partial charge >= 0.3 is 5.97 Å². The van der Waals surface area contributed by atoms with Gasteiger partial charge in [-0.1, -0.05) is 47.0 Å². The maximum absolute atomic E-state index is 11.1. The number of aliphatic carboxylic acids is 1. The zero-order chi connectivity index (χ0) is 20.1. The first-order chi connectivity index (χ1) is 13.3. The van der Waals surface area contributed by atoms with Crippen LogP contribution in [0.1, 0.15) is 105 Å². The summed E-state index contributed by atoms with van der Waals surface area (Å²) in [5.41, 5.74) is 1.07. The summed E-state index contributed by atoms with van der Waals surface area (Å²) in [6.07, 6.45) is 15.6. The number of carbonyl (C=O) groups is 1. The molecule has 0 saturated heterocycles. The smallest absolute Gasteiger partial charge is 0.303 e. The van der Waals surface area contributed by atoms with Crippen LogP contribution in [0.2, 0.25) is 0 Å². The molecule has 0 heterocycles. The van der Waals surface area contributed by atoms with Crippen LogP contribution in [0.3, 0.4) is 0 Å². The Morgan fingerprint density at radius 2 is 1.75 bits per heavy atom. The number of carboxylic acids is 1. The van der Waals surface area contributed by atoms with Crippen molar-refractivity contribution in [3.8, 4) is 0 Å². The average Bonchev–Trinajstić information content (AvgIpc) is 3.02. The lowest BCUT2D eigenvalue weighted by molar-refractivity contribution is -0.140. The van der Waals surface area contributed by atoms with Gasteiger partial charge in [-0.25, -0.2) is 0 Å². The quantitative estimate of drug-likeness (QED) is 0.542. The molecule has 0 aromatic rings. The summed E-state index contributed by atoms with van der Waals surface area (Å²) in [4.78, 5) is 11.1. The largest absolute Gasteiger partial charge is 0.481 e. The molecule has 0 amide bonds. The summed E-state index contributed by atoms with van der Waals surface area (Å²) in [7, 11) is 0. The molecule has 28 heavy (non-hydrogen) atoms. The van der Waals surface area contributed by atoms with Gasteiger partial charge in [0.1, 0.15) is 0 Å². The Bertz CT molecular complexity index is 585. The van der Waals surface area contributed by atoms with Crippen molar-refractivity contribution < 1.29 is 9.90 Å². The standard InChI is InChI=1S/C26H44O2/c1-5-18-16-19-22-11-10-20(17(2)9-12-24(27)28)26(22,4)15-13-23(19)25(3)14-7-6-8-21(18)25/h17-23H,5-16H2,1-4H3,(H,27,28)/t17-,18+,19?,20?,21?,22?,23?,25+,26-/m1/s1. The number of fused-ring (bicyclic) bond motifs is 5. The van der Waals surface area contributed by atoms with Crippen LogP contribution in [0, 0.1) is 52.3 Å². The molecule has 2 heteroatoms. The lowest BCUT2D eigenvalue weighted by atomic mass is 9.42. The van der Waals surface area contributed by atoms with Crippen LogP contribution in [-0.4, -0.2) is 11.1 Å². The fourth-order valence-corrected chi connectivity index (χ4v) is 9.55. The van der Waals surface area contributed by atoms with Crippen molar-refractivity contribution in [2.75, 3.05) is 0 Å². The first kappa shape index (κ1) is 20.7. The van der Waals surface area contributed by atoms with Crippen molar-refractivity contribution in [1.82, 2.24) is 0 Å². The normalized spacial score (nSPS) is 49.0. The molecule has 1 N–H and O–H groups in total. The second-order valence-electron chi connectivity index (χ2n) is 11.8. The van der Waals surface area contributed by atoms with Crippen molar-refractivity contribution >= 4 is 5.97 Å². The lowest BCUT2D eigenvalue weighted by Crippen LogP contribution is -2.55. The van der Waals surface area contributed by atoms with Crippen molar-refractivity contribution in [2.45, 2.75) is 105 Å². The number of hydrogen-bond donors (Lipinski definition) is 1. The van der Waals surface area contributed by atoms with Crippen molar-refractivity contribution in [2.24, 2.45) is 52.3 Å². The highest BCUT2D eigenvalue weighted by atomic mass is 16.4. The van der Waals surface area contributed by atoms with Crippen LogP contribution in [0.25, 0.3) is 0 Å². The first-order valence-corrected chi connectivity index (χ1v) is 12.5. The summed E-state index contributed by atoms with van der Waals surface area (Å²) >= 11 is 0. The Labute approximate surface area is 173 Å². The number of carboxylic acid groups (broad SMARTS) is 1. The molecule has 9 atom stereocenters. The highest BCUT2D eigenvalue weighted by molar-refractivity contribution is 5.66. The van der Waals surface area contributed by atoms with E-state index < -0.39 is 5.97 Å². The summed E-state index contributed by atoms with van der Waals surface area (Å²) in [5.74, 6) is 5.44. The van der Waals surface area contributed by atoms with Gasteiger partial charge in [-0.05, 0) is 104 Å². The molecule has 4 saturated carbocycles. The molecule has 0 spiro atoms. The zero-order valence-corrected chi connectivity index (χ0v) is 18.9. The summed E-state index contributed by atoms with van der Waals surface area (Å²) < 4.78 is 0. The van der Waals surface area contributed by atoms with Gasteiger partial charge in [-0.3, -0.25) is 4.79 Å². The minimum absolute atomic E-state index is 0.349. The molecule has 160 valence electrons. The molecule has 4 aliphatic carbocycles. The molecule has 4 aliphatic rings. The van der Waals surface area contributed by atoms with Crippen LogP contribution in [0.5, 0.6) is 0 Å². The molecular weight excluding hydrogens is 344 g/mol. The monoisotopic (exact) mass is 388 g/mol. The van der Waals surface area contributed by atoms with E-state index in [0.717, 1.165) is 41.9 Å². The molecule has 0 aliphatic heterocycles. The Morgan fingerprint density at radius 3 is 2.46 bits per heavy atom. The summed E-state index contributed by atoms with van der Waals surface area (Å²) in [6, 6.07) is 0. The van der Waals surface area contributed by atoms with E-state index in [1.54, 1.807) is 0 Å². The highest BCUT2D eigenvalue weighted by Gasteiger charge is 2.61. The van der Waals surface area contributed by atoms with Crippen LogP contribution >= 0.6 is 0 Å². The van der Waals surface area contributed by atoms with Crippen molar-refractivity contribution in [1.29, 1.82) is 0 Å². The Balaban J connectivity index is 1.56. The van der Waals surface area contributed by atoms with Crippen LogP contribution in [0.15, 0.2) is 0 Å². The fraction of sp³-hybridized carbons (Fsp3) is 0.962. The predicted octanol–water partition coefficient (Wildman–Crippen LogP) is 7.17. The Hall–Kier alpha value is -0.530. The van der Waals surface area contributed by atoms with E-state index in [1.807, 2.05) is 0 Å². The molecule has 4 rings (SSSR count). The number of hydrogen-bond acceptors (Lipinski definition) is 1. The Morgan fingerprint density at radius 1 is 1.00 bits per heavy atom. The van der Waals surface area contributed by atoms with Gasteiger partial charge in [0.05, 0.1) is 0 Å². The van der Waals surface area contributed by atoms with E-state index in [4.69, 9.17) is 5.11 Å². The second-order valence-corrected chi connectivity index (χ2v) is 11.8. The van der Waals surface area contributed by atoms with Crippen LogP contribution < -0.4 is 0 Å². The molecule has 0 bridgehead atoms. The molecule has 0 aromatic carbocycles. The van der Waals surface area contributed by atoms with E-state index in [9.17, 15) is 4.79 Å². The van der Waals surface area contributed by atoms with Crippen LogP contribution in [0.4, 0.5) is 0 Å². The molecule has 4 fully saturated rings. The second kappa shape index (κ2) is 7.62. The third-order valence-electron chi connectivity index (χ3n) is 10.9. The third kappa shape index (κ3) is 3.16. The minimum Gasteiger partial charge on any atom is -0.481 e. The van der Waals surface area contributed by atoms with Gasteiger partial charge in [0.15, 0.2) is 0 Å². The molecule has 5 unspecified atom stereocenters. The molecular formula is C26H44O2. The lowest BCUT2D eigenvalue weighted by Gasteiger charge is -2.63. The van der Waals surface area contributed by atoms with E-state index >= 15 is 0 Å². The third-order valence-corrected chi connectivity index (χ3v) is 10.9. The number of rotatable bonds is 5. The van der Waals surface area contributed by atoms with Gasteiger partial charge in [-0.15, -0.1) is 0 Å². The van der Waals surface area contributed by atoms with Gasteiger partial charge in [-0.2, -0.15) is 0 Å². The predicted molar refractivity (Wildman–Crippen MR) is 115 cm³/mol. The first-order valence-electron chi connectivity index (χ1n) is 12.5. The van der Waals surface area contributed by atoms with Crippen molar-refractivity contribution in [3.63, 3.8) is 0 Å². The van der Waals surface area contributed by atoms with E-state index in [1.165, 1.54) is 64.2 Å². The maximum Gasteiger partial charge on any atom is 0.303 e. The van der Waals surface area contributed by atoms with Crippen molar-refractivity contribution in [3.05, 3.63) is 0 Å². The molecule has 0 aromatic heterocycles. The minimum atomic E-state index is -0.621. The molecule has 0 radical (unpaired) electrons. The van der Waals surface area contributed by atoms with E-state index in [2.05, 4.69) is 27.7 Å². The van der Waals surface area contributed by atoms with Crippen LogP contribution in [-0.2, 0) is 4.79 Å². The summed E-state index contributed by atoms with van der Waals surface area (Å²) in [5, 5.41) is 9.15. The average molecular weight is 389 g/mol.